The number of carbonyl (C=O) groups excluding carboxylic acids is 4. The Labute approximate surface area is 306 Å². The van der Waals surface area contributed by atoms with Gasteiger partial charge in [-0.05, 0) is 28.8 Å². The number of anilines is 2. The van der Waals surface area contributed by atoms with Crippen molar-refractivity contribution >= 4 is 70.3 Å². The number of thiazole rings is 1. The van der Waals surface area contributed by atoms with Gasteiger partial charge < -0.3 is 36.4 Å². The number of aromatic nitrogens is 7. The largest absolute Gasteiger partial charge is 1.00 e. The molecule has 48 heavy (non-hydrogen) atoms. The van der Waals surface area contributed by atoms with Gasteiger partial charge >= 0.3 is 35.6 Å². The van der Waals surface area contributed by atoms with Gasteiger partial charge in [0.1, 0.15) is 17.1 Å². The van der Waals surface area contributed by atoms with Gasteiger partial charge in [-0.2, -0.15) is 4.98 Å². The molecule has 0 radical (unpaired) electrons. The first kappa shape index (κ1) is 35.6. The number of rotatable bonds is 11. The number of hydrogen-bond acceptors (Lipinski definition) is 16. The minimum atomic E-state index is -1.59. The van der Waals surface area contributed by atoms with Crippen LogP contribution in [0, 0.1) is 5.41 Å². The van der Waals surface area contributed by atoms with Crippen LogP contribution in [0.15, 0.2) is 28.0 Å². The molecule has 3 aliphatic rings. The zero-order valence-corrected chi connectivity index (χ0v) is 30.0. The molecule has 1 saturated carbocycles. The number of urea groups is 1. The zero-order valence-electron chi connectivity index (χ0n) is 25.6. The van der Waals surface area contributed by atoms with E-state index in [0.29, 0.717) is 10.7 Å². The summed E-state index contributed by atoms with van der Waals surface area (Å²) < 4.78 is 1.43. The third-order valence-corrected chi connectivity index (χ3v) is 10.9. The maximum atomic E-state index is 13.9. The molecule has 3 aromatic rings. The first-order valence-electron chi connectivity index (χ1n) is 14.2. The van der Waals surface area contributed by atoms with E-state index in [1.165, 1.54) is 33.6 Å². The number of carboxylic acids is 1. The van der Waals surface area contributed by atoms with Crippen LogP contribution in [-0.2, 0) is 21.4 Å². The predicted octanol–water partition coefficient (Wildman–Crippen LogP) is -4.24. The number of amides is 4. The molecule has 4 amide bonds. The van der Waals surface area contributed by atoms with Crippen molar-refractivity contribution < 1.29 is 58.9 Å². The Morgan fingerprint density at radius 2 is 2.08 bits per heavy atom. The molecule has 23 heteroatoms. The molecule has 3 atom stereocenters. The van der Waals surface area contributed by atoms with Gasteiger partial charge in [-0.15, -0.1) is 28.2 Å². The number of nitrogens with zero attached hydrogens (tertiary/aromatic N) is 8. The number of hydrogen-bond donors (Lipinski definition) is 6. The number of tetrazole rings is 1. The zero-order chi connectivity index (χ0) is 33.4. The maximum absolute atomic E-state index is 13.9. The monoisotopic (exact) mass is 725 g/mol. The summed E-state index contributed by atoms with van der Waals surface area (Å²) in [6.45, 7) is 0. The Balaban J connectivity index is 0.00000451. The first-order chi connectivity index (χ1) is 22.5. The average molecular weight is 726 g/mol. The Morgan fingerprint density at radius 1 is 1.33 bits per heavy atom. The maximum Gasteiger partial charge on any atom is 1.00 e. The molecule has 248 valence electrons. The number of fused-ring (bicyclic) bond motifs is 1. The first-order valence-corrected chi connectivity index (χ1v) is 17.1. The molecular weight excluding hydrogens is 698 g/mol. The third kappa shape index (κ3) is 7.03. The Kier molecular flexibility index (Phi) is 11.0. The molecule has 1 unspecified atom stereocenters. The van der Waals surface area contributed by atoms with Gasteiger partial charge in [0.05, 0.1) is 23.6 Å². The Hall–Kier alpha value is -3.70. The topological polar surface area (TPSA) is 277 Å². The normalized spacial score (nSPS) is 19.6. The van der Waals surface area contributed by atoms with Gasteiger partial charge in [0.15, 0.2) is 10.8 Å². The van der Waals surface area contributed by atoms with Crippen LogP contribution in [0.5, 0.6) is 5.88 Å². The molecule has 0 bridgehead atoms. The van der Waals surface area contributed by atoms with Crippen molar-refractivity contribution in [2.45, 2.75) is 54.3 Å². The molecule has 6 rings (SSSR count). The number of aromatic amines is 1. The van der Waals surface area contributed by atoms with Gasteiger partial charge in [0, 0.05) is 30.0 Å². The number of carboxylic acid groups (broad SMARTS) is 1. The van der Waals surface area contributed by atoms with E-state index < -0.39 is 47.2 Å². The van der Waals surface area contributed by atoms with Gasteiger partial charge in [-0.25, -0.2) is 14.5 Å². The van der Waals surface area contributed by atoms with E-state index in [2.05, 4.69) is 41.1 Å². The van der Waals surface area contributed by atoms with Crippen molar-refractivity contribution in [1.82, 2.24) is 45.4 Å². The quantitative estimate of drug-likeness (QED) is 0.0621. The van der Waals surface area contributed by atoms with Crippen LogP contribution in [0.3, 0.4) is 0 Å². The van der Waals surface area contributed by atoms with Crippen molar-refractivity contribution in [3.63, 3.8) is 0 Å². The molecular formula is C25H28N13NaO6S3. The number of H-pyrrole nitrogens is 1. The van der Waals surface area contributed by atoms with Crippen LogP contribution in [-0.4, -0.2) is 97.9 Å². The second kappa shape index (κ2) is 14.8. The predicted molar refractivity (Wildman–Crippen MR) is 165 cm³/mol. The number of thioether (sulfide) groups is 2. The fourth-order valence-electron chi connectivity index (χ4n) is 5.60. The second-order valence-corrected chi connectivity index (χ2v) is 13.7. The molecule has 7 N–H and O–H groups in total. The van der Waals surface area contributed by atoms with Crippen LogP contribution < -0.4 is 60.7 Å². The molecule has 5 heterocycles. The molecule has 0 spiro atoms. The van der Waals surface area contributed by atoms with Crippen LogP contribution >= 0.6 is 34.9 Å². The van der Waals surface area contributed by atoms with Crippen LogP contribution in [0.4, 0.5) is 16.4 Å². The van der Waals surface area contributed by atoms with Crippen LogP contribution in [0.2, 0.25) is 0 Å². The van der Waals surface area contributed by atoms with Gasteiger partial charge in [0.2, 0.25) is 22.9 Å². The average Bonchev–Trinajstić information content (AvgIpc) is 3.80. The summed E-state index contributed by atoms with van der Waals surface area (Å²) in [4.78, 5) is 65.1. The minimum Gasteiger partial charge on any atom is -0.543 e. The summed E-state index contributed by atoms with van der Waals surface area (Å²) in [5.74, 6) is -3.24. The molecule has 3 aromatic heterocycles. The molecule has 2 fully saturated rings. The van der Waals surface area contributed by atoms with E-state index in [-0.39, 0.29) is 74.9 Å². The van der Waals surface area contributed by atoms with Crippen molar-refractivity contribution in [2.75, 3.05) is 21.7 Å². The number of carbonyl (C=O) groups is 4. The standard InChI is InChI=1S/C25H29N13O6S3.Na/c1-36-25(33-34-35-36)47-8-10-7-45-20-14(19(41)38(20)15(10)21(42)43)31-18(40)16(12-9-46-22(26)30-12)37(23(27)44)13-6-28-24(32-17(13)39)29-11-4-2-3-5-11;/h6,9,11,14,16,20H,2-5,7-8H2,1H3,(H2,26,30)(H2,27,44)(H,31,40)(H,42,43)(H2,28,29,32,39);/q;+1/p-1/t14-,16?,20-;/m1./s1. The number of β-lactam (4-membered cyclic amide) rings is 1. The van der Waals surface area contributed by atoms with E-state index in [4.69, 9.17) is 11.1 Å². The summed E-state index contributed by atoms with van der Waals surface area (Å²) in [5, 5.41) is 49.0. The number of primary amides is 1. The number of aromatic hydroxyl groups is 1. The fourth-order valence-corrected chi connectivity index (χ4v) is 8.54. The van der Waals surface area contributed by atoms with Crippen molar-refractivity contribution in [2.24, 2.45) is 12.8 Å². The Bertz CT molecular complexity index is 1830. The van der Waals surface area contributed by atoms with Gasteiger partial charge in [-0.3, -0.25) is 24.8 Å². The second-order valence-electron chi connectivity index (χ2n) is 10.8. The van der Waals surface area contributed by atoms with E-state index in [1.54, 1.807) is 7.05 Å². The third-order valence-electron chi connectivity index (χ3n) is 7.79. The number of aryl methyl sites for hydroxylation is 1. The van der Waals surface area contributed by atoms with E-state index in [1.807, 2.05) is 0 Å². The van der Waals surface area contributed by atoms with Crippen molar-refractivity contribution in [1.29, 1.82) is 5.41 Å². The summed E-state index contributed by atoms with van der Waals surface area (Å²) in [5.41, 5.74) is 5.65. The van der Waals surface area contributed by atoms with E-state index >= 15 is 0 Å². The number of nitrogens with one attached hydrogen (secondary N) is 4. The van der Waals surface area contributed by atoms with E-state index in [9.17, 15) is 29.4 Å². The van der Waals surface area contributed by atoms with Crippen LogP contribution in [0.25, 0.3) is 0 Å². The molecule has 0 aromatic carbocycles. The molecule has 1 saturated heterocycles. The summed E-state index contributed by atoms with van der Waals surface area (Å²) >= 11 is 3.37. The molecule has 1 aliphatic carbocycles. The number of aliphatic carboxylic acids is 1. The van der Waals surface area contributed by atoms with E-state index in [0.717, 1.165) is 53.0 Å². The Morgan fingerprint density at radius 3 is 2.69 bits per heavy atom. The van der Waals surface area contributed by atoms with Gasteiger partial charge in [0.25, 0.3) is 5.91 Å². The fraction of sp³-hybridized carbons (Fsp3) is 0.440. The SMILES string of the molecule is Cn1nnnc1SCC1=C(C(=O)[O-])N2C(=O)[C@@H](NC(=O)C(c3csc(=N)[nH]3)N(C(N)=O)c3cnc(NC4CCCC4)nc3O)[C@H]2SC1.[Na+]. The minimum absolute atomic E-state index is 0. The summed E-state index contributed by atoms with van der Waals surface area (Å²) in [6, 6.07) is -3.78. The smallest absolute Gasteiger partial charge is 0.543 e. The van der Waals surface area contributed by atoms with Crippen LogP contribution in [0.1, 0.15) is 37.4 Å². The van der Waals surface area contributed by atoms with Gasteiger partial charge in [-0.1, -0.05) is 24.6 Å². The van der Waals surface area contributed by atoms with Crippen molar-refractivity contribution in [3.8, 4) is 5.88 Å². The summed E-state index contributed by atoms with van der Waals surface area (Å²) in [6.07, 6.45) is 5.09. The molecule has 19 nitrogen and oxygen atoms in total. The van der Waals surface area contributed by atoms with Crippen molar-refractivity contribution in [3.05, 3.63) is 33.3 Å². The molecule has 2 aliphatic heterocycles. The number of nitrogens with two attached hydrogens (primary N) is 1. The summed E-state index contributed by atoms with van der Waals surface area (Å²) in [7, 11) is 1.64.